The van der Waals surface area contributed by atoms with Gasteiger partial charge in [-0.1, -0.05) is 31.2 Å². The van der Waals surface area contributed by atoms with Crippen molar-refractivity contribution >= 4 is 32.4 Å². The molecule has 1 N–H and O–H groups in total. The molecule has 1 heterocycles. The molecule has 5 nitrogen and oxygen atoms in total. The lowest BCUT2D eigenvalue weighted by Gasteiger charge is -2.19. The molecule has 128 valence electrons. The lowest BCUT2D eigenvalue weighted by molar-refractivity contribution is -0.121. The SMILES string of the molecule is CC[C@H](C)NC(=O)CCCN1c2cccc3cccc(c23)S1(=O)=O. The summed E-state index contributed by atoms with van der Waals surface area (Å²) in [6, 6.07) is 11.1. The number of carbonyl (C=O) groups is 1. The van der Waals surface area contributed by atoms with Crippen LogP contribution in [-0.2, 0) is 14.8 Å². The standard InChI is InChI=1S/C18H22N2O3S/c1-3-13(2)19-17(21)11-6-12-20-15-9-4-7-14-8-5-10-16(18(14)15)24(20,22)23/h4-5,7-10,13H,3,6,11-12H2,1-2H3,(H,19,21)/t13-/m0/s1. The lowest BCUT2D eigenvalue weighted by atomic mass is 10.1. The number of nitrogens with zero attached hydrogens (tertiary/aromatic N) is 1. The molecule has 1 atom stereocenters. The molecule has 6 heteroatoms. The molecule has 0 aromatic heterocycles. The van der Waals surface area contributed by atoms with Gasteiger partial charge in [0.1, 0.15) is 0 Å². The van der Waals surface area contributed by atoms with E-state index in [4.69, 9.17) is 0 Å². The van der Waals surface area contributed by atoms with Gasteiger partial charge in [0.25, 0.3) is 10.0 Å². The predicted octanol–water partition coefficient (Wildman–Crippen LogP) is 3.04. The minimum absolute atomic E-state index is 0.0309. The van der Waals surface area contributed by atoms with Gasteiger partial charge in [0.2, 0.25) is 5.91 Å². The number of amides is 1. The summed E-state index contributed by atoms with van der Waals surface area (Å²) in [7, 11) is -3.52. The number of hydrogen-bond donors (Lipinski definition) is 1. The molecule has 1 aliphatic heterocycles. The van der Waals surface area contributed by atoms with Crippen molar-refractivity contribution in [2.75, 3.05) is 10.8 Å². The highest BCUT2D eigenvalue weighted by molar-refractivity contribution is 7.93. The average Bonchev–Trinajstić information content (AvgIpc) is 2.78. The Morgan fingerprint density at radius 1 is 1.21 bits per heavy atom. The van der Waals surface area contributed by atoms with Gasteiger partial charge in [0, 0.05) is 24.4 Å². The van der Waals surface area contributed by atoms with Gasteiger partial charge in [-0.15, -0.1) is 0 Å². The van der Waals surface area contributed by atoms with Gasteiger partial charge in [-0.05, 0) is 37.3 Å². The van der Waals surface area contributed by atoms with Crippen LogP contribution in [-0.4, -0.2) is 26.9 Å². The molecule has 1 amide bonds. The minimum Gasteiger partial charge on any atom is -0.354 e. The van der Waals surface area contributed by atoms with E-state index in [-0.39, 0.29) is 11.9 Å². The van der Waals surface area contributed by atoms with Crippen LogP contribution in [0.4, 0.5) is 5.69 Å². The fraction of sp³-hybridized carbons (Fsp3) is 0.389. The first kappa shape index (κ1) is 16.8. The summed E-state index contributed by atoms with van der Waals surface area (Å²) >= 11 is 0. The normalized spacial score (nSPS) is 16.3. The van der Waals surface area contributed by atoms with Gasteiger partial charge in [0.15, 0.2) is 0 Å². The van der Waals surface area contributed by atoms with Crippen molar-refractivity contribution in [2.45, 2.75) is 44.0 Å². The minimum atomic E-state index is -3.52. The van der Waals surface area contributed by atoms with Crippen molar-refractivity contribution in [3.05, 3.63) is 36.4 Å². The van der Waals surface area contributed by atoms with Crippen LogP contribution in [0.3, 0.4) is 0 Å². The average molecular weight is 346 g/mol. The maximum Gasteiger partial charge on any atom is 0.265 e. The second kappa shape index (κ2) is 6.43. The quantitative estimate of drug-likeness (QED) is 0.874. The molecule has 2 aromatic rings. The maximum absolute atomic E-state index is 12.8. The molecule has 0 saturated heterocycles. The van der Waals surface area contributed by atoms with E-state index < -0.39 is 10.0 Å². The summed E-state index contributed by atoms with van der Waals surface area (Å²) < 4.78 is 27.0. The Morgan fingerprint density at radius 2 is 1.92 bits per heavy atom. The topological polar surface area (TPSA) is 66.5 Å². The van der Waals surface area contributed by atoms with Crippen LogP contribution in [0.5, 0.6) is 0 Å². The molecule has 0 unspecified atom stereocenters. The Morgan fingerprint density at radius 3 is 2.62 bits per heavy atom. The van der Waals surface area contributed by atoms with Crippen molar-refractivity contribution in [2.24, 2.45) is 0 Å². The molecule has 0 saturated carbocycles. The molecule has 1 aliphatic rings. The van der Waals surface area contributed by atoms with E-state index in [0.29, 0.717) is 30.0 Å². The Balaban J connectivity index is 1.76. The predicted molar refractivity (Wildman–Crippen MR) is 95.6 cm³/mol. The molecular weight excluding hydrogens is 324 g/mol. The summed E-state index contributed by atoms with van der Waals surface area (Å²) in [6.07, 6.45) is 1.69. The third-order valence-corrected chi connectivity index (χ3v) is 6.32. The van der Waals surface area contributed by atoms with Crippen molar-refractivity contribution in [3.63, 3.8) is 0 Å². The monoisotopic (exact) mass is 346 g/mol. The van der Waals surface area contributed by atoms with E-state index in [1.165, 1.54) is 4.31 Å². The number of nitrogens with one attached hydrogen (secondary N) is 1. The first-order valence-electron chi connectivity index (χ1n) is 8.29. The highest BCUT2D eigenvalue weighted by atomic mass is 32.2. The number of anilines is 1. The molecule has 24 heavy (non-hydrogen) atoms. The van der Waals surface area contributed by atoms with E-state index in [1.807, 2.05) is 38.1 Å². The zero-order valence-corrected chi connectivity index (χ0v) is 14.8. The number of sulfonamides is 1. The van der Waals surface area contributed by atoms with Gasteiger partial charge < -0.3 is 5.32 Å². The Labute approximate surface area is 142 Å². The zero-order chi connectivity index (χ0) is 17.3. The number of carbonyl (C=O) groups excluding carboxylic acids is 1. The van der Waals surface area contributed by atoms with Gasteiger partial charge in [-0.25, -0.2) is 8.42 Å². The van der Waals surface area contributed by atoms with Crippen LogP contribution >= 0.6 is 0 Å². The molecule has 0 radical (unpaired) electrons. The van der Waals surface area contributed by atoms with E-state index in [2.05, 4.69) is 5.32 Å². The van der Waals surface area contributed by atoms with Crippen molar-refractivity contribution in [1.82, 2.24) is 5.32 Å². The highest BCUT2D eigenvalue weighted by Crippen LogP contribution is 2.41. The summed E-state index contributed by atoms with van der Waals surface area (Å²) in [5, 5.41) is 4.61. The lowest BCUT2D eigenvalue weighted by Crippen LogP contribution is -2.33. The molecule has 0 spiro atoms. The largest absolute Gasteiger partial charge is 0.354 e. The van der Waals surface area contributed by atoms with Gasteiger partial charge in [-0.3, -0.25) is 9.10 Å². The van der Waals surface area contributed by atoms with Crippen LogP contribution in [0.15, 0.2) is 41.3 Å². The maximum atomic E-state index is 12.8. The number of rotatable bonds is 6. The number of hydrogen-bond acceptors (Lipinski definition) is 3. The molecular formula is C18H22N2O3S. The third-order valence-electron chi connectivity index (χ3n) is 4.47. The Hall–Kier alpha value is -2.08. The Kier molecular flexibility index (Phi) is 4.49. The van der Waals surface area contributed by atoms with Crippen LogP contribution in [0.1, 0.15) is 33.1 Å². The van der Waals surface area contributed by atoms with Gasteiger partial charge in [-0.2, -0.15) is 0 Å². The van der Waals surface area contributed by atoms with E-state index in [0.717, 1.165) is 17.2 Å². The summed E-state index contributed by atoms with van der Waals surface area (Å²) in [5.74, 6) is -0.0309. The highest BCUT2D eigenvalue weighted by Gasteiger charge is 2.34. The molecule has 0 bridgehead atoms. The van der Waals surface area contributed by atoms with Crippen LogP contribution in [0.25, 0.3) is 10.8 Å². The van der Waals surface area contributed by atoms with E-state index in [9.17, 15) is 13.2 Å². The molecule has 2 aromatic carbocycles. The fourth-order valence-electron chi connectivity index (χ4n) is 3.03. The van der Waals surface area contributed by atoms with Gasteiger partial charge >= 0.3 is 0 Å². The second-order valence-corrected chi connectivity index (χ2v) is 8.02. The summed E-state index contributed by atoms with van der Waals surface area (Å²) in [5.41, 5.74) is 0.713. The first-order valence-corrected chi connectivity index (χ1v) is 9.73. The van der Waals surface area contributed by atoms with Crippen molar-refractivity contribution in [3.8, 4) is 0 Å². The summed E-state index contributed by atoms with van der Waals surface area (Å²) in [4.78, 5) is 12.2. The smallest absolute Gasteiger partial charge is 0.265 e. The van der Waals surface area contributed by atoms with Crippen LogP contribution < -0.4 is 9.62 Å². The molecule has 3 rings (SSSR count). The van der Waals surface area contributed by atoms with Crippen molar-refractivity contribution < 1.29 is 13.2 Å². The molecule has 0 fully saturated rings. The van der Waals surface area contributed by atoms with Crippen LogP contribution in [0, 0.1) is 0 Å². The van der Waals surface area contributed by atoms with E-state index >= 15 is 0 Å². The molecule has 0 aliphatic carbocycles. The third kappa shape index (κ3) is 2.86. The summed E-state index contributed by atoms with van der Waals surface area (Å²) in [6.45, 7) is 4.28. The van der Waals surface area contributed by atoms with Gasteiger partial charge in [0.05, 0.1) is 10.6 Å². The zero-order valence-electron chi connectivity index (χ0n) is 14.0. The fourth-order valence-corrected chi connectivity index (χ4v) is 4.78. The van der Waals surface area contributed by atoms with Crippen LogP contribution in [0.2, 0.25) is 0 Å². The second-order valence-electron chi connectivity index (χ2n) is 6.19. The Bertz CT molecular complexity index is 872. The van der Waals surface area contributed by atoms with E-state index in [1.54, 1.807) is 12.1 Å². The first-order chi connectivity index (χ1) is 11.4. The van der Waals surface area contributed by atoms with Crippen molar-refractivity contribution in [1.29, 1.82) is 0 Å². The number of benzene rings is 2.